The summed E-state index contributed by atoms with van der Waals surface area (Å²) in [6.45, 7) is 0.0296. The smallest absolute Gasteiger partial charge is 0.323 e. The molecule has 1 heterocycles. The van der Waals surface area contributed by atoms with E-state index < -0.39 is 18.1 Å². The van der Waals surface area contributed by atoms with Gasteiger partial charge in [0.1, 0.15) is 12.2 Å². The Morgan fingerprint density at radius 1 is 1.04 bits per heavy atom. The molecule has 0 spiro atoms. The van der Waals surface area contributed by atoms with Crippen molar-refractivity contribution < 1.29 is 9.90 Å². The minimum absolute atomic E-state index is 0.113. The van der Waals surface area contributed by atoms with Gasteiger partial charge in [-0.3, -0.25) is 14.2 Å². The Morgan fingerprint density at radius 3 is 2.39 bits per heavy atom. The van der Waals surface area contributed by atoms with Crippen LogP contribution in [0.25, 0.3) is 0 Å². The van der Waals surface area contributed by atoms with Crippen LogP contribution < -0.4 is 10.9 Å². The number of carbonyl (C=O) groups is 1. The first kappa shape index (κ1) is 18.9. The molecule has 6 heteroatoms. The van der Waals surface area contributed by atoms with E-state index in [1.54, 1.807) is 0 Å². The fraction of sp³-hybridized carbons (Fsp3) is 0.136. The summed E-state index contributed by atoms with van der Waals surface area (Å²) in [4.78, 5) is 28.0. The van der Waals surface area contributed by atoms with Crippen LogP contribution in [0, 0.1) is 11.8 Å². The molecule has 0 saturated heterocycles. The van der Waals surface area contributed by atoms with Crippen LogP contribution in [0.15, 0.2) is 71.7 Å². The molecule has 0 bridgehead atoms. The third kappa shape index (κ3) is 5.08. The van der Waals surface area contributed by atoms with E-state index in [0.717, 1.165) is 22.1 Å². The summed E-state index contributed by atoms with van der Waals surface area (Å²) in [5.41, 5.74) is 1.65. The summed E-state index contributed by atoms with van der Waals surface area (Å²) in [5, 5.41) is 12.2. The molecule has 0 aliphatic heterocycles. The molecule has 140 valence electrons. The van der Waals surface area contributed by atoms with Gasteiger partial charge >= 0.3 is 5.97 Å². The number of hydrogen-bond donors (Lipinski definition) is 2. The van der Waals surface area contributed by atoms with Gasteiger partial charge < -0.3 is 10.4 Å². The topological polar surface area (TPSA) is 84.2 Å². The Balaban J connectivity index is 1.82. The first-order chi connectivity index (χ1) is 13.6. The monoisotopic (exact) mass is 373 g/mol. The molecule has 0 aliphatic carbocycles. The normalized spacial score (nSPS) is 10.0. The second kappa shape index (κ2) is 9.19. The number of carboxylic acids is 1. The number of carboxylic acid groups (broad SMARTS) is 1. The fourth-order valence-electron chi connectivity index (χ4n) is 2.63. The number of nitrogens with one attached hydrogen (secondary N) is 1. The van der Waals surface area contributed by atoms with Crippen LogP contribution in [-0.2, 0) is 17.8 Å². The Hall–Kier alpha value is -3.85. The Labute approximate surface area is 162 Å². The molecule has 1 aromatic heterocycles. The molecule has 0 unspecified atom stereocenters. The summed E-state index contributed by atoms with van der Waals surface area (Å²) in [7, 11) is 0. The van der Waals surface area contributed by atoms with Crippen molar-refractivity contribution in [2.45, 2.75) is 13.0 Å². The van der Waals surface area contributed by atoms with Crippen molar-refractivity contribution in [3.05, 3.63) is 94.0 Å². The molecule has 0 radical (unpaired) electrons. The third-order valence-corrected chi connectivity index (χ3v) is 4.01. The van der Waals surface area contributed by atoms with Crippen LogP contribution in [0.5, 0.6) is 0 Å². The van der Waals surface area contributed by atoms with Crippen molar-refractivity contribution in [2.75, 3.05) is 11.9 Å². The maximum atomic E-state index is 12.7. The Morgan fingerprint density at radius 2 is 1.71 bits per heavy atom. The van der Waals surface area contributed by atoms with Gasteiger partial charge in [0.15, 0.2) is 5.82 Å². The average molecular weight is 373 g/mol. The largest absolute Gasteiger partial charge is 0.480 e. The summed E-state index contributed by atoms with van der Waals surface area (Å²) in [6, 6.07) is 19.1. The van der Waals surface area contributed by atoms with Crippen LogP contribution in [0.1, 0.15) is 16.8 Å². The maximum absolute atomic E-state index is 12.7. The van der Waals surface area contributed by atoms with Crippen molar-refractivity contribution in [3.63, 3.8) is 0 Å². The lowest BCUT2D eigenvalue weighted by Gasteiger charge is -2.10. The second-order valence-electron chi connectivity index (χ2n) is 6.06. The summed E-state index contributed by atoms with van der Waals surface area (Å²) in [5.74, 6) is 4.76. The van der Waals surface area contributed by atoms with Gasteiger partial charge in [0.05, 0.1) is 6.20 Å². The zero-order valence-electron chi connectivity index (χ0n) is 15.1. The van der Waals surface area contributed by atoms with E-state index in [1.807, 2.05) is 60.7 Å². The van der Waals surface area contributed by atoms with Crippen molar-refractivity contribution in [3.8, 4) is 11.8 Å². The van der Waals surface area contributed by atoms with Gasteiger partial charge in [-0.25, -0.2) is 4.98 Å². The lowest BCUT2D eigenvalue weighted by atomic mass is 10.1. The van der Waals surface area contributed by atoms with Crippen LogP contribution in [0.2, 0.25) is 0 Å². The highest BCUT2D eigenvalue weighted by Crippen LogP contribution is 2.03. The molecule has 0 aliphatic rings. The average Bonchev–Trinajstić information content (AvgIpc) is 2.71. The predicted molar refractivity (Wildman–Crippen MR) is 107 cm³/mol. The minimum atomic E-state index is -1.12. The Bertz CT molecular complexity index is 1060. The van der Waals surface area contributed by atoms with Crippen molar-refractivity contribution in [1.82, 2.24) is 9.55 Å². The quantitative estimate of drug-likeness (QED) is 0.648. The lowest BCUT2D eigenvalue weighted by molar-refractivity contribution is -0.137. The fourth-order valence-corrected chi connectivity index (χ4v) is 2.63. The number of anilines is 1. The van der Waals surface area contributed by atoms with Gasteiger partial charge in [0.2, 0.25) is 0 Å². The van der Waals surface area contributed by atoms with Gasteiger partial charge in [-0.1, -0.05) is 54.5 Å². The molecule has 0 amide bonds. The molecular weight excluding hydrogens is 354 g/mol. The molecule has 2 aromatic carbocycles. The maximum Gasteiger partial charge on any atom is 0.323 e. The van der Waals surface area contributed by atoms with E-state index in [0.29, 0.717) is 6.54 Å². The van der Waals surface area contributed by atoms with E-state index in [-0.39, 0.29) is 11.5 Å². The molecule has 3 aromatic rings. The zero-order valence-corrected chi connectivity index (χ0v) is 15.1. The molecule has 28 heavy (non-hydrogen) atoms. The van der Waals surface area contributed by atoms with Crippen LogP contribution in [0.3, 0.4) is 0 Å². The number of aliphatic carboxylic acids is 1. The number of aromatic nitrogens is 2. The van der Waals surface area contributed by atoms with Crippen molar-refractivity contribution in [1.29, 1.82) is 0 Å². The first-order valence-electron chi connectivity index (χ1n) is 8.80. The van der Waals surface area contributed by atoms with Gasteiger partial charge in [-0.15, -0.1) is 0 Å². The zero-order chi connectivity index (χ0) is 19.8. The second-order valence-corrected chi connectivity index (χ2v) is 6.06. The van der Waals surface area contributed by atoms with Crippen molar-refractivity contribution in [2.24, 2.45) is 0 Å². The van der Waals surface area contributed by atoms with Gasteiger partial charge in [0.25, 0.3) is 5.56 Å². The summed E-state index contributed by atoms with van der Waals surface area (Å²) in [6.07, 6.45) is 2.14. The predicted octanol–water partition coefficient (Wildman–Crippen LogP) is 2.38. The molecular formula is C22H19N3O3. The first-order valence-corrected chi connectivity index (χ1v) is 8.80. The van der Waals surface area contributed by atoms with E-state index in [2.05, 4.69) is 22.1 Å². The highest BCUT2D eigenvalue weighted by atomic mass is 16.4. The van der Waals surface area contributed by atoms with Crippen molar-refractivity contribution >= 4 is 11.8 Å². The number of hydrogen-bond acceptors (Lipinski definition) is 4. The molecule has 0 saturated carbocycles. The lowest BCUT2D eigenvalue weighted by Crippen LogP contribution is -2.30. The van der Waals surface area contributed by atoms with E-state index in [9.17, 15) is 9.59 Å². The number of rotatable bonds is 6. The molecule has 0 atom stereocenters. The molecule has 2 N–H and O–H groups in total. The van der Waals surface area contributed by atoms with Gasteiger partial charge in [0, 0.05) is 12.1 Å². The number of benzene rings is 2. The SMILES string of the molecule is O=C(O)Cn1c(C#Cc2ccccc2)cnc(NCCc2ccccc2)c1=O. The molecule has 6 nitrogen and oxygen atoms in total. The van der Waals surface area contributed by atoms with E-state index in [1.165, 1.54) is 6.20 Å². The summed E-state index contributed by atoms with van der Waals surface area (Å²) >= 11 is 0. The third-order valence-electron chi connectivity index (χ3n) is 4.01. The van der Waals surface area contributed by atoms with Gasteiger partial charge in [-0.05, 0) is 30.0 Å². The van der Waals surface area contributed by atoms with E-state index >= 15 is 0 Å². The van der Waals surface area contributed by atoms with E-state index in [4.69, 9.17) is 5.11 Å². The van der Waals surface area contributed by atoms with Gasteiger partial charge in [-0.2, -0.15) is 0 Å². The highest BCUT2D eigenvalue weighted by Gasteiger charge is 2.12. The standard InChI is InChI=1S/C22H19N3O3/c26-20(27)16-25-19(12-11-17-7-3-1-4-8-17)15-24-21(22(25)28)23-14-13-18-9-5-2-6-10-18/h1-10,15H,13-14,16H2,(H,23,24)(H,26,27). The minimum Gasteiger partial charge on any atom is -0.480 e. The Kier molecular flexibility index (Phi) is 6.21. The van der Waals surface area contributed by atoms with Crippen LogP contribution in [0.4, 0.5) is 5.82 Å². The highest BCUT2D eigenvalue weighted by molar-refractivity contribution is 5.67. The van der Waals surface area contributed by atoms with Crippen LogP contribution in [-0.4, -0.2) is 27.2 Å². The molecule has 0 fully saturated rings. The molecule has 3 rings (SSSR count). The summed E-state index contributed by atoms with van der Waals surface area (Å²) < 4.78 is 1.12. The van der Waals surface area contributed by atoms with Crippen LogP contribution >= 0.6 is 0 Å². The number of nitrogens with zero attached hydrogens (tertiary/aromatic N) is 2.